The Morgan fingerprint density at radius 3 is 2.35 bits per heavy atom. The van der Waals surface area contributed by atoms with Gasteiger partial charge in [-0.1, -0.05) is 12.1 Å². The Labute approximate surface area is 132 Å². The number of rotatable bonds is 3. The molecule has 1 N–H and O–H groups in total. The fourth-order valence-electron chi connectivity index (χ4n) is 2.49. The molecule has 1 aliphatic rings. The number of ether oxygens (including phenoxy) is 1. The molecule has 0 saturated carbocycles. The molecule has 1 aromatic rings. The van der Waals surface area contributed by atoms with Crippen LogP contribution in [0.3, 0.4) is 0 Å². The quantitative estimate of drug-likeness (QED) is 0.928. The molecule has 124 valence electrons. The maximum atomic E-state index is 12.6. The van der Waals surface area contributed by atoms with Crippen LogP contribution >= 0.6 is 0 Å². The van der Waals surface area contributed by atoms with Gasteiger partial charge in [0, 0.05) is 13.2 Å². The summed E-state index contributed by atoms with van der Waals surface area (Å²) in [5.74, 6) is -0.407. The Hall–Kier alpha value is -2.07. The second-order valence-electron chi connectivity index (χ2n) is 5.62. The van der Waals surface area contributed by atoms with Crippen LogP contribution in [-0.2, 0) is 15.7 Å². The number of alkyl halides is 3. The molecule has 2 rings (SSSR count). The average Bonchev–Trinajstić information content (AvgIpc) is 2.54. The maximum Gasteiger partial charge on any atom is 0.416 e. The molecule has 1 saturated heterocycles. The molecule has 0 bridgehead atoms. The van der Waals surface area contributed by atoms with Gasteiger partial charge in [0.15, 0.2) is 0 Å². The van der Waals surface area contributed by atoms with Crippen LogP contribution in [0.4, 0.5) is 13.2 Å². The molecule has 0 radical (unpaired) electrons. The molecule has 23 heavy (non-hydrogen) atoms. The first-order valence-corrected chi connectivity index (χ1v) is 7.26. The van der Waals surface area contributed by atoms with Crippen molar-refractivity contribution in [2.45, 2.75) is 32.0 Å². The van der Waals surface area contributed by atoms with Crippen LogP contribution in [0.2, 0.25) is 0 Å². The molecule has 4 nitrogen and oxygen atoms in total. The molecule has 1 aromatic carbocycles. The van der Waals surface area contributed by atoms with Gasteiger partial charge in [0.05, 0.1) is 17.7 Å². The highest BCUT2D eigenvalue weighted by Gasteiger charge is 2.41. The number of hydrogen-bond donors (Lipinski definition) is 1. The van der Waals surface area contributed by atoms with Crippen LogP contribution in [0.5, 0.6) is 0 Å². The van der Waals surface area contributed by atoms with Gasteiger partial charge in [0.25, 0.3) is 0 Å². The number of nitrogens with one attached hydrogen (secondary N) is 1. The number of nitrogens with zero attached hydrogens (tertiary/aromatic N) is 1. The smallest absolute Gasteiger partial charge is 0.381 e. The van der Waals surface area contributed by atoms with Crippen molar-refractivity contribution in [3.8, 4) is 6.07 Å². The average molecular weight is 326 g/mol. The maximum absolute atomic E-state index is 12.6. The number of amides is 1. The summed E-state index contributed by atoms with van der Waals surface area (Å²) in [4.78, 5) is 12.4. The van der Waals surface area contributed by atoms with Crippen molar-refractivity contribution in [3.63, 3.8) is 0 Å². The van der Waals surface area contributed by atoms with Gasteiger partial charge in [-0.05, 0) is 37.5 Å². The second kappa shape index (κ2) is 6.59. The topological polar surface area (TPSA) is 62.1 Å². The lowest BCUT2D eigenvalue weighted by Gasteiger charge is -2.30. The third-order valence-electron chi connectivity index (χ3n) is 4.08. The molecule has 1 aliphatic heterocycles. The SMILES string of the molecule is CC(NC(=O)C1(C#N)CCOCC1)c1ccc(C(F)(F)F)cc1. The summed E-state index contributed by atoms with van der Waals surface area (Å²) in [5.41, 5.74) is -1.32. The van der Waals surface area contributed by atoms with Crippen LogP contribution < -0.4 is 5.32 Å². The monoisotopic (exact) mass is 326 g/mol. The van der Waals surface area contributed by atoms with Crippen molar-refractivity contribution >= 4 is 5.91 Å². The Morgan fingerprint density at radius 1 is 1.30 bits per heavy atom. The summed E-state index contributed by atoms with van der Waals surface area (Å²) in [5, 5.41) is 12.0. The van der Waals surface area contributed by atoms with Crippen LogP contribution in [-0.4, -0.2) is 19.1 Å². The molecule has 7 heteroatoms. The van der Waals surface area contributed by atoms with E-state index in [9.17, 15) is 23.2 Å². The molecular weight excluding hydrogens is 309 g/mol. The number of hydrogen-bond acceptors (Lipinski definition) is 3. The zero-order chi connectivity index (χ0) is 17.1. The second-order valence-corrected chi connectivity index (χ2v) is 5.62. The van der Waals surface area contributed by atoms with Crippen molar-refractivity contribution in [2.24, 2.45) is 5.41 Å². The van der Waals surface area contributed by atoms with Gasteiger partial charge in [-0.3, -0.25) is 4.79 Å². The molecule has 0 aliphatic carbocycles. The van der Waals surface area contributed by atoms with E-state index in [1.165, 1.54) is 12.1 Å². The van der Waals surface area contributed by atoms with E-state index in [1.54, 1.807) is 6.92 Å². The van der Waals surface area contributed by atoms with Crippen molar-refractivity contribution in [3.05, 3.63) is 35.4 Å². The number of carbonyl (C=O) groups is 1. The first kappa shape index (κ1) is 17.3. The minimum atomic E-state index is -4.39. The van der Waals surface area contributed by atoms with E-state index in [-0.39, 0.29) is 0 Å². The van der Waals surface area contributed by atoms with Crippen LogP contribution in [0.1, 0.15) is 36.9 Å². The van der Waals surface area contributed by atoms with E-state index in [2.05, 4.69) is 11.4 Å². The fraction of sp³-hybridized carbons (Fsp3) is 0.500. The highest BCUT2D eigenvalue weighted by molar-refractivity contribution is 5.85. The molecular formula is C16H17F3N2O2. The first-order chi connectivity index (χ1) is 10.8. The largest absolute Gasteiger partial charge is 0.416 e. The van der Waals surface area contributed by atoms with Gasteiger partial charge in [-0.25, -0.2) is 0 Å². The molecule has 0 spiro atoms. The van der Waals surface area contributed by atoms with Gasteiger partial charge in [-0.2, -0.15) is 18.4 Å². The van der Waals surface area contributed by atoms with E-state index in [4.69, 9.17) is 4.74 Å². The lowest BCUT2D eigenvalue weighted by atomic mass is 9.80. The fourth-order valence-corrected chi connectivity index (χ4v) is 2.49. The Morgan fingerprint density at radius 2 is 1.87 bits per heavy atom. The third kappa shape index (κ3) is 3.82. The van der Waals surface area contributed by atoms with Crippen LogP contribution in [0.25, 0.3) is 0 Å². The minimum Gasteiger partial charge on any atom is -0.381 e. The first-order valence-electron chi connectivity index (χ1n) is 7.26. The van der Waals surface area contributed by atoms with Gasteiger partial charge in [0.2, 0.25) is 5.91 Å². The van der Waals surface area contributed by atoms with E-state index in [0.29, 0.717) is 31.6 Å². The molecule has 1 unspecified atom stereocenters. The van der Waals surface area contributed by atoms with Crippen molar-refractivity contribution in [1.82, 2.24) is 5.32 Å². The van der Waals surface area contributed by atoms with E-state index in [0.717, 1.165) is 12.1 Å². The zero-order valence-electron chi connectivity index (χ0n) is 12.6. The van der Waals surface area contributed by atoms with E-state index < -0.39 is 29.1 Å². The Bertz CT molecular complexity index is 599. The normalized spacial score (nSPS) is 18.7. The predicted octanol–water partition coefficient (Wildman–Crippen LogP) is 3.20. The van der Waals surface area contributed by atoms with Gasteiger partial charge < -0.3 is 10.1 Å². The van der Waals surface area contributed by atoms with E-state index >= 15 is 0 Å². The molecule has 1 amide bonds. The molecule has 1 fully saturated rings. The van der Waals surface area contributed by atoms with Gasteiger partial charge >= 0.3 is 6.18 Å². The van der Waals surface area contributed by atoms with Crippen molar-refractivity contribution in [2.75, 3.05) is 13.2 Å². The number of nitriles is 1. The summed E-state index contributed by atoms with van der Waals surface area (Å²) < 4.78 is 42.8. The van der Waals surface area contributed by atoms with E-state index in [1.807, 2.05) is 0 Å². The summed E-state index contributed by atoms with van der Waals surface area (Å²) in [7, 11) is 0. The predicted molar refractivity (Wildman–Crippen MR) is 76.1 cm³/mol. The van der Waals surface area contributed by atoms with Gasteiger partial charge in [0.1, 0.15) is 5.41 Å². The standard InChI is InChI=1S/C16H17F3N2O2/c1-11(12-2-4-13(5-3-12)16(17,18)19)21-14(22)15(10-20)6-8-23-9-7-15/h2-5,11H,6-9H2,1H3,(H,21,22). The molecule has 1 atom stereocenters. The summed E-state index contributed by atoms with van der Waals surface area (Å²) in [6.07, 6.45) is -3.76. The summed E-state index contributed by atoms with van der Waals surface area (Å²) in [6, 6.07) is 6.19. The summed E-state index contributed by atoms with van der Waals surface area (Å²) in [6.45, 7) is 2.36. The zero-order valence-corrected chi connectivity index (χ0v) is 12.6. The van der Waals surface area contributed by atoms with Crippen molar-refractivity contribution < 1.29 is 22.7 Å². The number of benzene rings is 1. The molecule has 1 heterocycles. The van der Waals surface area contributed by atoms with Gasteiger partial charge in [-0.15, -0.1) is 0 Å². The lowest BCUT2D eigenvalue weighted by Crippen LogP contribution is -2.44. The Kier molecular flexibility index (Phi) is 4.95. The Balaban J connectivity index is 2.08. The third-order valence-corrected chi connectivity index (χ3v) is 4.08. The van der Waals surface area contributed by atoms with Crippen LogP contribution in [0, 0.1) is 16.7 Å². The molecule has 0 aromatic heterocycles. The highest BCUT2D eigenvalue weighted by atomic mass is 19.4. The van der Waals surface area contributed by atoms with Crippen molar-refractivity contribution in [1.29, 1.82) is 5.26 Å². The number of carbonyl (C=O) groups excluding carboxylic acids is 1. The van der Waals surface area contributed by atoms with Crippen LogP contribution in [0.15, 0.2) is 24.3 Å². The summed E-state index contributed by atoms with van der Waals surface area (Å²) >= 11 is 0. The lowest BCUT2D eigenvalue weighted by molar-refractivity contribution is -0.137. The number of halogens is 3. The highest BCUT2D eigenvalue weighted by Crippen LogP contribution is 2.32. The minimum absolute atomic E-state index is 0.315.